The van der Waals surface area contributed by atoms with Crippen molar-refractivity contribution in [2.45, 2.75) is 44.2 Å². The van der Waals surface area contributed by atoms with E-state index in [-0.39, 0.29) is 18.1 Å². The maximum atomic E-state index is 11.5. The lowest BCUT2D eigenvalue weighted by Crippen LogP contribution is -2.31. The molecule has 2 atom stereocenters. The zero-order valence-electron chi connectivity index (χ0n) is 11.9. The number of rotatable bonds is 3. The summed E-state index contributed by atoms with van der Waals surface area (Å²) in [6.45, 7) is 0.698. The first-order valence-electron chi connectivity index (χ1n) is 7.36. The van der Waals surface area contributed by atoms with Gasteiger partial charge in [-0.1, -0.05) is 12.1 Å². The van der Waals surface area contributed by atoms with Crippen molar-refractivity contribution in [3.63, 3.8) is 0 Å². The van der Waals surface area contributed by atoms with E-state index in [0.717, 1.165) is 18.6 Å². The van der Waals surface area contributed by atoms with Crippen molar-refractivity contribution in [1.29, 1.82) is 0 Å². The van der Waals surface area contributed by atoms with Crippen LogP contribution in [0.3, 0.4) is 0 Å². The minimum atomic E-state index is -0.232. The number of hydrogen-bond acceptors (Lipinski definition) is 4. The molecule has 0 bridgehead atoms. The van der Waals surface area contributed by atoms with Gasteiger partial charge >= 0.3 is 5.97 Å². The van der Waals surface area contributed by atoms with Gasteiger partial charge in [0.15, 0.2) is 0 Å². The van der Waals surface area contributed by atoms with E-state index >= 15 is 0 Å². The Balaban J connectivity index is 1.69. The van der Waals surface area contributed by atoms with Crippen LogP contribution in [0.15, 0.2) is 18.2 Å². The second-order valence-corrected chi connectivity index (χ2v) is 5.56. The number of ether oxygens (including phenoxy) is 2. The molecule has 1 fully saturated rings. The molecule has 1 heterocycles. The number of esters is 1. The van der Waals surface area contributed by atoms with E-state index in [0.29, 0.717) is 13.0 Å². The molecule has 0 saturated carbocycles. The highest BCUT2D eigenvalue weighted by Crippen LogP contribution is 2.31. The minimum Gasteiger partial charge on any atom is -0.489 e. The molecule has 20 heavy (non-hydrogen) atoms. The van der Waals surface area contributed by atoms with E-state index in [1.54, 1.807) is 0 Å². The molecule has 1 aromatic carbocycles. The van der Waals surface area contributed by atoms with Gasteiger partial charge in [0, 0.05) is 13.0 Å². The molecule has 0 radical (unpaired) electrons. The summed E-state index contributed by atoms with van der Waals surface area (Å²) in [6, 6.07) is 6.09. The highest BCUT2D eigenvalue weighted by Gasteiger charge is 2.31. The molecule has 0 unspecified atom stereocenters. The smallest absolute Gasteiger partial charge is 0.323 e. The van der Waals surface area contributed by atoms with Crippen LogP contribution < -0.4 is 10.1 Å². The lowest BCUT2D eigenvalue weighted by atomic mass is 9.91. The molecule has 1 N–H and O–H groups in total. The highest BCUT2D eigenvalue weighted by molar-refractivity contribution is 5.76. The lowest BCUT2D eigenvalue weighted by Gasteiger charge is -2.21. The third-order valence-corrected chi connectivity index (χ3v) is 4.22. The summed E-state index contributed by atoms with van der Waals surface area (Å²) in [5.74, 6) is 0.797. The fraction of sp³-hybridized carbons (Fsp3) is 0.562. The van der Waals surface area contributed by atoms with Crippen LogP contribution in [0.5, 0.6) is 5.75 Å². The molecule has 0 aromatic heterocycles. The second-order valence-electron chi connectivity index (χ2n) is 5.56. The van der Waals surface area contributed by atoms with E-state index in [1.165, 1.54) is 31.1 Å². The molecule has 1 saturated heterocycles. The first-order valence-corrected chi connectivity index (χ1v) is 7.36. The second kappa shape index (κ2) is 5.83. The molecule has 1 aliphatic heterocycles. The van der Waals surface area contributed by atoms with Crippen molar-refractivity contribution in [1.82, 2.24) is 5.32 Å². The summed E-state index contributed by atoms with van der Waals surface area (Å²) in [7, 11) is 1.42. The number of methoxy groups -OCH3 is 1. The average molecular weight is 275 g/mol. The van der Waals surface area contributed by atoms with E-state index < -0.39 is 0 Å². The first-order chi connectivity index (χ1) is 9.78. The van der Waals surface area contributed by atoms with Gasteiger partial charge in [0.05, 0.1) is 7.11 Å². The van der Waals surface area contributed by atoms with Crippen LogP contribution in [0.25, 0.3) is 0 Å². The molecule has 1 aliphatic carbocycles. The molecular weight excluding hydrogens is 254 g/mol. The minimum absolute atomic E-state index is 0.0486. The quantitative estimate of drug-likeness (QED) is 0.855. The molecule has 4 heteroatoms. The summed E-state index contributed by atoms with van der Waals surface area (Å²) >= 11 is 0. The molecule has 3 rings (SSSR count). The molecule has 4 nitrogen and oxygen atoms in total. The predicted molar refractivity (Wildman–Crippen MR) is 75.9 cm³/mol. The summed E-state index contributed by atoms with van der Waals surface area (Å²) in [5, 5.41) is 3.16. The van der Waals surface area contributed by atoms with Crippen molar-refractivity contribution in [2.75, 3.05) is 13.7 Å². The van der Waals surface area contributed by atoms with Crippen molar-refractivity contribution >= 4 is 5.97 Å². The van der Waals surface area contributed by atoms with Gasteiger partial charge in [0.1, 0.15) is 17.9 Å². The number of aryl methyl sites for hydroxylation is 1. The third kappa shape index (κ3) is 2.66. The zero-order valence-corrected chi connectivity index (χ0v) is 11.9. The third-order valence-electron chi connectivity index (χ3n) is 4.22. The Labute approximate surface area is 119 Å². The lowest BCUT2D eigenvalue weighted by molar-refractivity contribution is -0.142. The van der Waals surface area contributed by atoms with E-state index in [4.69, 9.17) is 9.47 Å². The number of carbonyl (C=O) groups is 1. The van der Waals surface area contributed by atoms with Crippen molar-refractivity contribution in [2.24, 2.45) is 0 Å². The maximum absolute atomic E-state index is 11.5. The summed E-state index contributed by atoms with van der Waals surface area (Å²) in [4.78, 5) is 11.5. The SMILES string of the molecule is COC(=O)[C@H]1C[C@@H](Oc2cccc3c2CCCC3)CN1. The van der Waals surface area contributed by atoms with Gasteiger partial charge in [-0.2, -0.15) is 0 Å². The number of benzene rings is 1. The largest absolute Gasteiger partial charge is 0.489 e. The highest BCUT2D eigenvalue weighted by atomic mass is 16.5. The summed E-state index contributed by atoms with van der Waals surface area (Å²) in [6.07, 6.45) is 5.49. The van der Waals surface area contributed by atoms with Crippen LogP contribution in [0, 0.1) is 0 Å². The van der Waals surface area contributed by atoms with Crippen molar-refractivity contribution in [3.8, 4) is 5.75 Å². The number of carbonyl (C=O) groups excluding carboxylic acids is 1. The maximum Gasteiger partial charge on any atom is 0.323 e. The normalized spacial score (nSPS) is 25.1. The summed E-state index contributed by atoms with van der Waals surface area (Å²) in [5.41, 5.74) is 2.78. The van der Waals surface area contributed by atoms with Gasteiger partial charge in [0.2, 0.25) is 0 Å². The van der Waals surface area contributed by atoms with Gasteiger partial charge in [-0.25, -0.2) is 0 Å². The predicted octanol–water partition coefficient (Wildman–Crippen LogP) is 1.85. The molecule has 0 amide bonds. The Morgan fingerprint density at radius 2 is 2.15 bits per heavy atom. The van der Waals surface area contributed by atoms with E-state index in [9.17, 15) is 4.79 Å². The van der Waals surface area contributed by atoms with Gasteiger partial charge in [0.25, 0.3) is 0 Å². The topological polar surface area (TPSA) is 47.6 Å². The Morgan fingerprint density at radius 1 is 1.30 bits per heavy atom. The average Bonchev–Trinajstić information content (AvgIpc) is 2.95. The number of nitrogens with one attached hydrogen (secondary N) is 1. The van der Waals surface area contributed by atoms with Gasteiger partial charge in [-0.05, 0) is 42.9 Å². The molecule has 0 spiro atoms. The van der Waals surface area contributed by atoms with Crippen LogP contribution in [0.1, 0.15) is 30.4 Å². The number of fused-ring (bicyclic) bond motifs is 1. The van der Waals surface area contributed by atoms with Crippen LogP contribution in [-0.2, 0) is 22.4 Å². The van der Waals surface area contributed by atoms with Crippen LogP contribution >= 0.6 is 0 Å². The van der Waals surface area contributed by atoms with Gasteiger partial charge in [-0.15, -0.1) is 0 Å². The zero-order chi connectivity index (χ0) is 13.9. The monoisotopic (exact) mass is 275 g/mol. The van der Waals surface area contributed by atoms with Crippen LogP contribution in [-0.4, -0.2) is 31.8 Å². The van der Waals surface area contributed by atoms with E-state index in [2.05, 4.69) is 23.5 Å². The van der Waals surface area contributed by atoms with Gasteiger partial charge in [-0.3, -0.25) is 4.79 Å². The van der Waals surface area contributed by atoms with Gasteiger partial charge < -0.3 is 14.8 Å². The van der Waals surface area contributed by atoms with Crippen molar-refractivity contribution < 1.29 is 14.3 Å². The fourth-order valence-electron chi connectivity index (χ4n) is 3.15. The van der Waals surface area contributed by atoms with Crippen LogP contribution in [0.4, 0.5) is 0 Å². The molecule has 1 aromatic rings. The fourth-order valence-corrected chi connectivity index (χ4v) is 3.15. The summed E-state index contributed by atoms with van der Waals surface area (Å²) < 4.78 is 10.9. The molecular formula is C16H21NO3. The number of hydrogen-bond donors (Lipinski definition) is 1. The first kappa shape index (κ1) is 13.4. The molecule has 108 valence electrons. The Kier molecular flexibility index (Phi) is 3.92. The van der Waals surface area contributed by atoms with Crippen molar-refractivity contribution in [3.05, 3.63) is 29.3 Å². The Bertz CT molecular complexity index is 500. The molecule has 2 aliphatic rings. The Hall–Kier alpha value is -1.55. The Morgan fingerprint density at radius 3 is 3.00 bits per heavy atom. The standard InChI is InChI=1S/C16H21NO3/c1-19-16(18)14-9-12(10-17-14)20-15-8-4-6-11-5-2-3-7-13(11)15/h4,6,8,12,14,17H,2-3,5,7,9-10H2,1H3/t12-,14-/m1/s1. The van der Waals surface area contributed by atoms with E-state index in [1.807, 2.05) is 0 Å². The van der Waals surface area contributed by atoms with Crippen LogP contribution in [0.2, 0.25) is 0 Å².